The van der Waals surface area contributed by atoms with Gasteiger partial charge >= 0.3 is 0 Å². The van der Waals surface area contributed by atoms with Gasteiger partial charge in [0, 0.05) is 17.9 Å². The number of fused-ring (bicyclic) bond motifs is 1. The predicted octanol–water partition coefficient (Wildman–Crippen LogP) is 3.37. The summed E-state index contributed by atoms with van der Waals surface area (Å²) >= 11 is 0. The van der Waals surface area contributed by atoms with Gasteiger partial charge in [-0.2, -0.15) is 0 Å². The SMILES string of the molecule is Cc1cnc(C(C)n2ccc3c2CC(C)(C)CC3N)o1. The highest BCUT2D eigenvalue weighted by Crippen LogP contribution is 2.41. The Hall–Kier alpha value is -1.55. The van der Waals surface area contributed by atoms with Gasteiger partial charge in [0.05, 0.1) is 6.20 Å². The second-order valence-corrected chi connectivity index (χ2v) is 6.76. The Balaban J connectivity index is 2.00. The van der Waals surface area contributed by atoms with Crippen molar-refractivity contribution in [2.24, 2.45) is 11.1 Å². The van der Waals surface area contributed by atoms with Crippen LogP contribution in [-0.2, 0) is 6.42 Å². The third-order valence-corrected chi connectivity index (χ3v) is 4.29. The Bertz CT molecular complexity index is 623. The van der Waals surface area contributed by atoms with Gasteiger partial charge in [-0.1, -0.05) is 13.8 Å². The summed E-state index contributed by atoms with van der Waals surface area (Å²) in [6.07, 6.45) is 5.98. The van der Waals surface area contributed by atoms with Crippen molar-refractivity contribution in [1.82, 2.24) is 9.55 Å². The smallest absolute Gasteiger partial charge is 0.217 e. The van der Waals surface area contributed by atoms with Gasteiger partial charge in [0.15, 0.2) is 0 Å². The molecule has 0 radical (unpaired) electrons. The van der Waals surface area contributed by atoms with E-state index in [1.807, 2.05) is 6.92 Å². The van der Waals surface area contributed by atoms with Crippen molar-refractivity contribution >= 4 is 0 Å². The van der Waals surface area contributed by atoms with Crippen LogP contribution in [0.4, 0.5) is 0 Å². The van der Waals surface area contributed by atoms with Crippen molar-refractivity contribution in [1.29, 1.82) is 0 Å². The fourth-order valence-corrected chi connectivity index (χ4v) is 3.30. The second kappa shape index (κ2) is 4.48. The number of aromatic nitrogens is 2. The summed E-state index contributed by atoms with van der Waals surface area (Å²) in [6, 6.07) is 2.39. The van der Waals surface area contributed by atoms with E-state index in [0.717, 1.165) is 24.5 Å². The summed E-state index contributed by atoms with van der Waals surface area (Å²) in [4.78, 5) is 4.36. The molecule has 2 unspecified atom stereocenters. The number of hydrogen-bond acceptors (Lipinski definition) is 3. The molecule has 1 aliphatic rings. The van der Waals surface area contributed by atoms with Crippen molar-refractivity contribution in [3.05, 3.63) is 41.4 Å². The van der Waals surface area contributed by atoms with E-state index < -0.39 is 0 Å². The van der Waals surface area contributed by atoms with Crippen molar-refractivity contribution in [3.63, 3.8) is 0 Å². The van der Waals surface area contributed by atoms with E-state index in [2.05, 4.69) is 42.6 Å². The largest absolute Gasteiger partial charge is 0.444 e. The van der Waals surface area contributed by atoms with Crippen LogP contribution >= 0.6 is 0 Å². The highest BCUT2D eigenvalue weighted by molar-refractivity contribution is 5.31. The minimum absolute atomic E-state index is 0.105. The lowest BCUT2D eigenvalue weighted by molar-refractivity contribution is 0.271. The molecule has 0 amide bonds. The number of oxazole rings is 1. The molecular weight excluding hydrogens is 250 g/mol. The van der Waals surface area contributed by atoms with Gasteiger partial charge in [-0.15, -0.1) is 0 Å². The van der Waals surface area contributed by atoms with Crippen molar-refractivity contribution in [3.8, 4) is 0 Å². The molecular formula is C16H23N3O. The predicted molar refractivity (Wildman–Crippen MR) is 78.5 cm³/mol. The molecule has 0 aromatic carbocycles. The van der Waals surface area contributed by atoms with Gasteiger partial charge < -0.3 is 14.7 Å². The second-order valence-electron chi connectivity index (χ2n) is 6.76. The molecule has 3 rings (SSSR count). The first-order chi connectivity index (χ1) is 9.37. The van der Waals surface area contributed by atoms with E-state index in [1.54, 1.807) is 6.20 Å². The van der Waals surface area contributed by atoms with E-state index in [-0.39, 0.29) is 17.5 Å². The zero-order chi connectivity index (χ0) is 14.5. The minimum atomic E-state index is 0.105. The van der Waals surface area contributed by atoms with Crippen LogP contribution in [0.15, 0.2) is 22.9 Å². The average Bonchev–Trinajstić information content (AvgIpc) is 2.93. The van der Waals surface area contributed by atoms with Crippen LogP contribution in [0.1, 0.15) is 62.2 Å². The lowest BCUT2D eigenvalue weighted by atomic mass is 9.74. The van der Waals surface area contributed by atoms with Gasteiger partial charge in [0.1, 0.15) is 11.8 Å². The zero-order valence-electron chi connectivity index (χ0n) is 12.7. The molecule has 2 heterocycles. The summed E-state index contributed by atoms with van der Waals surface area (Å²) < 4.78 is 7.94. The first-order valence-corrected chi connectivity index (χ1v) is 7.25. The van der Waals surface area contributed by atoms with Gasteiger partial charge in [-0.05, 0) is 43.7 Å². The maximum absolute atomic E-state index is 6.33. The van der Waals surface area contributed by atoms with Crippen molar-refractivity contribution in [2.75, 3.05) is 0 Å². The molecule has 2 atom stereocenters. The molecule has 4 heteroatoms. The molecule has 2 aromatic heterocycles. The van der Waals surface area contributed by atoms with Crippen LogP contribution in [-0.4, -0.2) is 9.55 Å². The van der Waals surface area contributed by atoms with Gasteiger partial charge in [-0.3, -0.25) is 0 Å². The summed E-state index contributed by atoms with van der Waals surface area (Å²) in [7, 11) is 0. The molecule has 0 aliphatic heterocycles. The number of nitrogens with zero attached hydrogens (tertiary/aromatic N) is 2. The number of nitrogens with two attached hydrogens (primary N) is 1. The molecule has 0 spiro atoms. The van der Waals surface area contributed by atoms with E-state index in [9.17, 15) is 0 Å². The zero-order valence-corrected chi connectivity index (χ0v) is 12.7. The average molecular weight is 273 g/mol. The third kappa shape index (κ3) is 2.18. The fraction of sp³-hybridized carbons (Fsp3) is 0.562. The summed E-state index contributed by atoms with van der Waals surface area (Å²) in [6.45, 7) is 8.62. The number of rotatable bonds is 2. The van der Waals surface area contributed by atoms with Crippen LogP contribution < -0.4 is 5.73 Å². The van der Waals surface area contributed by atoms with E-state index >= 15 is 0 Å². The lowest BCUT2D eigenvalue weighted by Gasteiger charge is -2.35. The molecule has 20 heavy (non-hydrogen) atoms. The summed E-state index contributed by atoms with van der Waals surface area (Å²) in [5.41, 5.74) is 9.18. The molecule has 0 saturated carbocycles. The van der Waals surface area contributed by atoms with E-state index in [0.29, 0.717) is 0 Å². The topological polar surface area (TPSA) is 57.0 Å². The Kier molecular flexibility index (Phi) is 3.01. The monoisotopic (exact) mass is 273 g/mol. The Morgan fingerprint density at radius 2 is 2.25 bits per heavy atom. The lowest BCUT2D eigenvalue weighted by Crippen LogP contribution is -2.31. The number of hydrogen-bond donors (Lipinski definition) is 1. The van der Waals surface area contributed by atoms with Gasteiger partial charge in [0.2, 0.25) is 5.89 Å². The standard InChI is InChI=1S/C16H23N3O/c1-10-9-18-15(20-10)11(2)19-6-5-12-13(17)7-16(3,4)8-14(12)19/h5-6,9,11,13H,7-8,17H2,1-4H3. The van der Waals surface area contributed by atoms with Crippen LogP contribution in [0.3, 0.4) is 0 Å². The Morgan fingerprint density at radius 1 is 1.50 bits per heavy atom. The summed E-state index contributed by atoms with van der Waals surface area (Å²) in [5, 5.41) is 0. The quantitative estimate of drug-likeness (QED) is 0.912. The van der Waals surface area contributed by atoms with Crippen LogP contribution in [0, 0.1) is 12.3 Å². The fourth-order valence-electron chi connectivity index (χ4n) is 3.30. The van der Waals surface area contributed by atoms with Crippen LogP contribution in [0.2, 0.25) is 0 Å². The minimum Gasteiger partial charge on any atom is -0.444 e. The Labute approximate surface area is 120 Å². The third-order valence-electron chi connectivity index (χ3n) is 4.29. The molecule has 0 saturated heterocycles. The van der Waals surface area contributed by atoms with Gasteiger partial charge in [-0.25, -0.2) is 4.98 Å². The van der Waals surface area contributed by atoms with Gasteiger partial charge in [0.25, 0.3) is 0 Å². The molecule has 2 N–H and O–H groups in total. The highest BCUT2D eigenvalue weighted by atomic mass is 16.4. The molecule has 108 valence electrons. The maximum Gasteiger partial charge on any atom is 0.217 e. The van der Waals surface area contributed by atoms with Crippen LogP contribution in [0.25, 0.3) is 0 Å². The normalized spacial score (nSPS) is 22.6. The molecule has 0 fully saturated rings. The molecule has 2 aromatic rings. The molecule has 0 bridgehead atoms. The van der Waals surface area contributed by atoms with E-state index in [4.69, 9.17) is 10.2 Å². The van der Waals surface area contributed by atoms with E-state index in [1.165, 1.54) is 11.3 Å². The first-order valence-electron chi connectivity index (χ1n) is 7.25. The molecule has 1 aliphatic carbocycles. The summed E-state index contributed by atoms with van der Waals surface area (Å²) in [5.74, 6) is 1.61. The maximum atomic E-state index is 6.33. The van der Waals surface area contributed by atoms with Crippen molar-refractivity contribution < 1.29 is 4.42 Å². The number of aryl methyl sites for hydroxylation is 1. The molecule has 4 nitrogen and oxygen atoms in total. The van der Waals surface area contributed by atoms with Crippen molar-refractivity contribution in [2.45, 2.75) is 52.6 Å². The first kappa shape index (κ1) is 13.4. The highest BCUT2D eigenvalue weighted by Gasteiger charge is 2.33. The van der Waals surface area contributed by atoms with Crippen LogP contribution in [0.5, 0.6) is 0 Å². The Morgan fingerprint density at radius 3 is 2.90 bits per heavy atom.